The van der Waals surface area contributed by atoms with E-state index in [-0.39, 0.29) is 5.75 Å². The molecule has 0 aliphatic carbocycles. The number of nitrogens with one attached hydrogen (secondary N) is 1. The normalized spacial score (nSPS) is 11.2. The molecule has 1 rings (SSSR count). The fourth-order valence-electron chi connectivity index (χ4n) is 0.821. The highest BCUT2D eigenvalue weighted by Crippen LogP contribution is 2.14. The van der Waals surface area contributed by atoms with E-state index in [1.54, 1.807) is 31.2 Å². The summed E-state index contributed by atoms with van der Waals surface area (Å²) < 4.78 is 24.7. The van der Waals surface area contributed by atoms with Crippen molar-refractivity contribution < 1.29 is 8.42 Å². The van der Waals surface area contributed by atoms with Crippen LogP contribution in [0.3, 0.4) is 0 Å². The molecule has 0 spiro atoms. The highest BCUT2D eigenvalue weighted by molar-refractivity contribution is 7.92. The first-order chi connectivity index (χ1) is 6.03. The summed E-state index contributed by atoms with van der Waals surface area (Å²) in [6.07, 6.45) is 0. The molecule has 5 heteroatoms. The average molecular weight is 217 g/mol. The zero-order chi connectivity index (χ0) is 9.90. The van der Waals surface area contributed by atoms with Crippen molar-refractivity contribution in [3.63, 3.8) is 0 Å². The lowest BCUT2D eigenvalue weighted by Gasteiger charge is -2.05. The first-order valence-electron chi connectivity index (χ1n) is 3.83. The summed E-state index contributed by atoms with van der Waals surface area (Å²) in [5.41, 5.74) is 0.550. The molecule has 0 heterocycles. The van der Waals surface area contributed by atoms with Crippen molar-refractivity contribution in [3.05, 3.63) is 24.3 Å². The fraction of sp³-hybridized carbons (Fsp3) is 0.250. The largest absolute Gasteiger partial charge is 0.284 e. The highest BCUT2D eigenvalue weighted by Gasteiger charge is 2.05. The van der Waals surface area contributed by atoms with Gasteiger partial charge in [-0.2, -0.15) is 0 Å². The van der Waals surface area contributed by atoms with Gasteiger partial charge in [-0.25, -0.2) is 8.42 Å². The standard InChI is InChI=1S/C8H11NO2S2/c1-2-13(10,11)9-7-4-3-5-8(12)6-7/h3-6,9,12H,2H2,1H3. The Hall–Kier alpha value is -0.680. The fourth-order valence-corrected chi connectivity index (χ4v) is 1.68. The van der Waals surface area contributed by atoms with Gasteiger partial charge in [-0.15, -0.1) is 12.6 Å². The van der Waals surface area contributed by atoms with Crippen LogP contribution in [-0.4, -0.2) is 14.2 Å². The summed E-state index contributed by atoms with van der Waals surface area (Å²) in [7, 11) is -3.17. The number of anilines is 1. The van der Waals surface area contributed by atoms with Crippen molar-refractivity contribution in [2.45, 2.75) is 11.8 Å². The van der Waals surface area contributed by atoms with Gasteiger partial charge in [0.05, 0.1) is 5.75 Å². The number of hydrogen-bond donors (Lipinski definition) is 2. The number of thiol groups is 1. The number of rotatable bonds is 3. The van der Waals surface area contributed by atoms with Crippen molar-refractivity contribution in [2.75, 3.05) is 10.5 Å². The van der Waals surface area contributed by atoms with Gasteiger partial charge in [0.2, 0.25) is 10.0 Å². The molecule has 0 radical (unpaired) electrons. The van der Waals surface area contributed by atoms with Gasteiger partial charge in [0.1, 0.15) is 0 Å². The van der Waals surface area contributed by atoms with Crippen LogP contribution in [-0.2, 0) is 10.0 Å². The van der Waals surface area contributed by atoms with Crippen LogP contribution in [0.25, 0.3) is 0 Å². The zero-order valence-corrected chi connectivity index (χ0v) is 8.90. The quantitative estimate of drug-likeness (QED) is 0.757. The molecule has 1 aromatic rings. The van der Waals surface area contributed by atoms with Crippen LogP contribution in [0.5, 0.6) is 0 Å². The molecule has 0 unspecified atom stereocenters. The minimum absolute atomic E-state index is 0.0732. The molecule has 0 fully saturated rings. The minimum atomic E-state index is -3.17. The van der Waals surface area contributed by atoms with E-state index in [0.717, 1.165) is 4.90 Å². The van der Waals surface area contributed by atoms with Gasteiger partial charge < -0.3 is 0 Å². The molecule has 0 atom stereocenters. The summed E-state index contributed by atoms with van der Waals surface area (Å²) >= 11 is 4.10. The maximum absolute atomic E-state index is 11.1. The van der Waals surface area contributed by atoms with Crippen LogP contribution in [0.15, 0.2) is 29.2 Å². The summed E-state index contributed by atoms with van der Waals surface area (Å²) in [4.78, 5) is 0.733. The number of benzene rings is 1. The zero-order valence-electron chi connectivity index (χ0n) is 7.19. The Morgan fingerprint density at radius 3 is 2.69 bits per heavy atom. The number of hydrogen-bond acceptors (Lipinski definition) is 3. The molecule has 3 nitrogen and oxygen atoms in total. The molecule has 0 saturated carbocycles. The molecule has 0 aromatic heterocycles. The van der Waals surface area contributed by atoms with Gasteiger partial charge in [-0.3, -0.25) is 4.72 Å². The molecule has 0 amide bonds. The Morgan fingerprint density at radius 2 is 2.15 bits per heavy atom. The predicted molar refractivity (Wildman–Crippen MR) is 56.8 cm³/mol. The molecule has 0 aliphatic rings. The van der Waals surface area contributed by atoms with E-state index >= 15 is 0 Å². The van der Waals surface area contributed by atoms with Crippen LogP contribution in [0, 0.1) is 0 Å². The van der Waals surface area contributed by atoms with Crippen LogP contribution in [0.4, 0.5) is 5.69 Å². The molecule has 72 valence electrons. The van der Waals surface area contributed by atoms with Crippen LogP contribution >= 0.6 is 12.6 Å². The van der Waals surface area contributed by atoms with Crippen molar-refractivity contribution in [1.29, 1.82) is 0 Å². The van der Waals surface area contributed by atoms with Crippen molar-refractivity contribution in [3.8, 4) is 0 Å². The first kappa shape index (κ1) is 10.4. The first-order valence-corrected chi connectivity index (χ1v) is 5.93. The van der Waals surface area contributed by atoms with Crippen LogP contribution < -0.4 is 4.72 Å². The molecular formula is C8H11NO2S2. The summed E-state index contributed by atoms with van der Waals surface area (Å²) in [5.74, 6) is 0.0732. The molecular weight excluding hydrogens is 206 g/mol. The summed E-state index contributed by atoms with van der Waals surface area (Å²) in [5, 5.41) is 0. The third-order valence-electron chi connectivity index (χ3n) is 1.50. The lowest BCUT2D eigenvalue weighted by Crippen LogP contribution is -2.14. The van der Waals surface area contributed by atoms with Gasteiger partial charge in [-0.05, 0) is 25.1 Å². The van der Waals surface area contributed by atoms with Crippen molar-refractivity contribution >= 4 is 28.3 Å². The van der Waals surface area contributed by atoms with E-state index in [4.69, 9.17) is 0 Å². The second-order valence-electron chi connectivity index (χ2n) is 2.56. The van der Waals surface area contributed by atoms with E-state index in [0.29, 0.717) is 5.69 Å². The maximum Gasteiger partial charge on any atom is 0.232 e. The van der Waals surface area contributed by atoms with Crippen molar-refractivity contribution in [2.24, 2.45) is 0 Å². The second-order valence-corrected chi connectivity index (χ2v) is 5.08. The summed E-state index contributed by atoms with van der Waals surface area (Å²) in [6, 6.07) is 6.88. The molecule has 1 aromatic carbocycles. The average Bonchev–Trinajstić information content (AvgIpc) is 2.03. The number of sulfonamides is 1. The molecule has 0 bridgehead atoms. The van der Waals surface area contributed by atoms with Crippen molar-refractivity contribution in [1.82, 2.24) is 0 Å². The Kier molecular flexibility index (Phi) is 3.22. The lowest BCUT2D eigenvalue weighted by atomic mass is 10.3. The third-order valence-corrected chi connectivity index (χ3v) is 3.08. The SMILES string of the molecule is CCS(=O)(=O)Nc1cccc(S)c1. The Morgan fingerprint density at radius 1 is 1.46 bits per heavy atom. The Bertz CT molecular complexity index is 387. The predicted octanol–water partition coefficient (Wildman–Crippen LogP) is 1.74. The summed E-state index contributed by atoms with van der Waals surface area (Å²) in [6.45, 7) is 1.59. The van der Waals surface area contributed by atoms with E-state index in [2.05, 4.69) is 17.4 Å². The lowest BCUT2D eigenvalue weighted by molar-refractivity contribution is 0.602. The Labute approximate surface area is 83.6 Å². The molecule has 0 saturated heterocycles. The molecule has 0 aliphatic heterocycles. The van der Waals surface area contributed by atoms with E-state index in [1.165, 1.54) is 0 Å². The highest BCUT2D eigenvalue weighted by atomic mass is 32.2. The van der Waals surface area contributed by atoms with E-state index < -0.39 is 10.0 Å². The molecule has 13 heavy (non-hydrogen) atoms. The maximum atomic E-state index is 11.1. The van der Waals surface area contributed by atoms with Gasteiger partial charge in [0, 0.05) is 10.6 Å². The smallest absolute Gasteiger partial charge is 0.232 e. The molecule has 1 N–H and O–H groups in total. The Balaban J connectivity index is 2.87. The monoisotopic (exact) mass is 217 g/mol. The topological polar surface area (TPSA) is 46.2 Å². The van der Waals surface area contributed by atoms with Crippen LogP contribution in [0.1, 0.15) is 6.92 Å². The second kappa shape index (κ2) is 4.02. The van der Waals surface area contributed by atoms with E-state index in [9.17, 15) is 8.42 Å². The van der Waals surface area contributed by atoms with Gasteiger partial charge in [0.25, 0.3) is 0 Å². The van der Waals surface area contributed by atoms with Gasteiger partial charge in [-0.1, -0.05) is 6.07 Å². The van der Waals surface area contributed by atoms with E-state index in [1.807, 2.05) is 0 Å². The van der Waals surface area contributed by atoms with Gasteiger partial charge in [0.15, 0.2) is 0 Å². The minimum Gasteiger partial charge on any atom is -0.284 e. The van der Waals surface area contributed by atoms with Gasteiger partial charge >= 0.3 is 0 Å². The third kappa shape index (κ3) is 3.28. The van der Waals surface area contributed by atoms with Crippen LogP contribution in [0.2, 0.25) is 0 Å².